The van der Waals surface area contributed by atoms with Crippen LogP contribution in [0.5, 0.6) is 5.88 Å². The number of aromatic nitrogens is 4. The SMILES string of the molecule is COc1ccc(-n2c(C)nnc2N2CC(OS(C)(=O)=O)C2)cn1. The number of nitrogens with zero attached hydrogens (tertiary/aromatic N) is 5. The summed E-state index contributed by atoms with van der Waals surface area (Å²) in [6.45, 7) is 2.72. The lowest BCUT2D eigenvalue weighted by molar-refractivity contribution is 0.175. The average molecular weight is 339 g/mol. The largest absolute Gasteiger partial charge is 0.481 e. The zero-order valence-electron chi connectivity index (χ0n) is 13.0. The van der Waals surface area contributed by atoms with Gasteiger partial charge in [-0.25, -0.2) is 4.98 Å². The number of anilines is 1. The molecule has 0 aromatic carbocycles. The Morgan fingerprint density at radius 2 is 2.00 bits per heavy atom. The van der Waals surface area contributed by atoms with Crippen molar-refractivity contribution in [3.05, 3.63) is 24.2 Å². The summed E-state index contributed by atoms with van der Waals surface area (Å²) < 4.78 is 34.1. The van der Waals surface area contributed by atoms with E-state index in [2.05, 4.69) is 15.2 Å². The smallest absolute Gasteiger partial charge is 0.264 e. The fourth-order valence-corrected chi connectivity index (χ4v) is 3.01. The number of aryl methyl sites for hydroxylation is 1. The van der Waals surface area contributed by atoms with Gasteiger partial charge in [0.05, 0.1) is 38.3 Å². The van der Waals surface area contributed by atoms with E-state index in [0.717, 1.165) is 11.9 Å². The fourth-order valence-electron chi connectivity index (χ4n) is 2.39. The van der Waals surface area contributed by atoms with Gasteiger partial charge in [-0.3, -0.25) is 8.75 Å². The summed E-state index contributed by atoms with van der Waals surface area (Å²) in [5.74, 6) is 1.86. The third-order valence-corrected chi connectivity index (χ3v) is 4.06. The van der Waals surface area contributed by atoms with Gasteiger partial charge in [0.2, 0.25) is 11.8 Å². The number of hydrogen-bond donors (Lipinski definition) is 0. The molecule has 0 saturated carbocycles. The Labute approximate surface area is 134 Å². The zero-order valence-corrected chi connectivity index (χ0v) is 13.8. The van der Waals surface area contributed by atoms with Crippen molar-refractivity contribution in [2.75, 3.05) is 31.4 Å². The van der Waals surface area contributed by atoms with E-state index in [4.69, 9.17) is 8.92 Å². The molecule has 9 nitrogen and oxygen atoms in total. The second-order valence-electron chi connectivity index (χ2n) is 5.27. The van der Waals surface area contributed by atoms with E-state index in [1.165, 1.54) is 0 Å². The molecule has 10 heteroatoms. The molecule has 3 rings (SSSR count). The highest BCUT2D eigenvalue weighted by Crippen LogP contribution is 2.25. The molecule has 3 heterocycles. The maximum Gasteiger partial charge on any atom is 0.264 e. The highest BCUT2D eigenvalue weighted by Gasteiger charge is 2.34. The van der Waals surface area contributed by atoms with Crippen molar-refractivity contribution in [3.8, 4) is 11.6 Å². The number of ether oxygens (including phenoxy) is 1. The second kappa shape index (κ2) is 5.78. The molecule has 0 radical (unpaired) electrons. The van der Waals surface area contributed by atoms with Crippen LogP contribution in [-0.4, -0.2) is 60.7 Å². The molecular formula is C13H17N5O4S. The van der Waals surface area contributed by atoms with Crippen molar-refractivity contribution in [1.29, 1.82) is 0 Å². The number of rotatable bonds is 5. The number of hydrogen-bond acceptors (Lipinski definition) is 8. The Bertz CT molecular complexity index is 796. The fraction of sp³-hybridized carbons (Fsp3) is 0.462. The summed E-state index contributed by atoms with van der Waals surface area (Å²) in [6, 6.07) is 3.61. The Kier molecular flexibility index (Phi) is 3.94. The molecule has 0 aliphatic carbocycles. The molecule has 0 N–H and O–H groups in total. The molecule has 124 valence electrons. The maximum absolute atomic E-state index is 11.1. The molecule has 1 aliphatic rings. The molecule has 0 amide bonds. The van der Waals surface area contributed by atoms with Gasteiger partial charge in [-0.2, -0.15) is 8.42 Å². The Balaban J connectivity index is 1.80. The Hall–Kier alpha value is -2.20. The molecule has 23 heavy (non-hydrogen) atoms. The van der Waals surface area contributed by atoms with Gasteiger partial charge in [-0.05, 0) is 13.0 Å². The third kappa shape index (κ3) is 3.27. The van der Waals surface area contributed by atoms with Gasteiger partial charge in [0.15, 0.2) is 0 Å². The third-order valence-electron chi connectivity index (χ3n) is 3.44. The van der Waals surface area contributed by atoms with Gasteiger partial charge in [0.25, 0.3) is 10.1 Å². The monoisotopic (exact) mass is 339 g/mol. The van der Waals surface area contributed by atoms with Gasteiger partial charge in [0, 0.05) is 6.07 Å². The molecule has 1 aliphatic heterocycles. The number of pyridine rings is 1. The van der Waals surface area contributed by atoms with Crippen LogP contribution < -0.4 is 9.64 Å². The van der Waals surface area contributed by atoms with Crippen molar-refractivity contribution < 1.29 is 17.3 Å². The minimum Gasteiger partial charge on any atom is -0.481 e. The van der Waals surface area contributed by atoms with Crippen LogP contribution in [0.4, 0.5) is 5.95 Å². The highest BCUT2D eigenvalue weighted by atomic mass is 32.2. The predicted octanol–water partition coefficient (Wildman–Crippen LogP) is 0.144. The first-order valence-electron chi connectivity index (χ1n) is 6.93. The highest BCUT2D eigenvalue weighted by molar-refractivity contribution is 7.86. The summed E-state index contributed by atoms with van der Waals surface area (Å²) in [5, 5.41) is 8.25. The van der Waals surface area contributed by atoms with Gasteiger partial charge >= 0.3 is 0 Å². The first-order chi connectivity index (χ1) is 10.9. The lowest BCUT2D eigenvalue weighted by atomic mass is 10.2. The first-order valence-corrected chi connectivity index (χ1v) is 8.74. The van der Waals surface area contributed by atoms with Gasteiger partial charge < -0.3 is 9.64 Å². The second-order valence-corrected chi connectivity index (χ2v) is 6.87. The van der Waals surface area contributed by atoms with Crippen molar-refractivity contribution in [2.24, 2.45) is 0 Å². The van der Waals surface area contributed by atoms with Crippen LogP contribution in [0.1, 0.15) is 5.82 Å². The molecular weight excluding hydrogens is 322 g/mol. The van der Waals surface area contributed by atoms with Crippen molar-refractivity contribution in [2.45, 2.75) is 13.0 Å². The molecule has 0 unspecified atom stereocenters. The average Bonchev–Trinajstić information content (AvgIpc) is 2.83. The Morgan fingerprint density at radius 1 is 1.26 bits per heavy atom. The lowest BCUT2D eigenvalue weighted by Crippen LogP contribution is -2.53. The van der Waals surface area contributed by atoms with E-state index >= 15 is 0 Å². The predicted molar refractivity (Wildman–Crippen MR) is 82.4 cm³/mol. The summed E-state index contributed by atoms with van der Waals surface area (Å²) in [5.41, 5.74) is 0.802. The van der Waals surface area contributed by atoms with E-state index in [-0.39, 0.29) is 6.10 Å². The van der Waals surface area contributed by atoms with Crippen LogP contribution in [0.2, 0.25) is 0 Å². The minimum atomic E-state index is -3.45. The molecule has 0 atom stereocenters. The van der Waals surface area contributed by atoms with Crippen LogP contribution in [0, 0.1) is 6.92 Å². The van der Waals surface area contributed by atoms with Crippen LogP contribution in [0.15, 0.2) is 18.3 Å². The van der Waals surface area contributed by atoms with E-state index in [1.54, 1.807) is 19.4 Å². The van der Waals surface area contributed by atoms with Gasteiger partial charge in [-0.1, -0.05) is 0 Å². The van der Waals surface area contributed by atoms with Gasteiger partial charge in [0.1, 0.15) is 11.9 Å². The molecule has 1 saturated heterocycles. The van der Waals surface area contributed by atoms with Crippen LogP contribution in [-0.2, 0) is 14.3 Å². The van der Waals surface area contributed by atoms with Crippen molar-refractivity contribution >= 4 is 16.1 Å². The van der Waals surface area contributed by atoms with Crippen molar-refractivity contribution in [3.63, 3.8) is 0 Å². The minimum absolute atomic E-state index is 0.357. The first kappa shape index (κ1) is 15.7. The maximum atomic E-state index is 11.1. The topological polar surface area (TPSA) is 99.4 Å². The number of methoxy groups -OCH3 is 1. The lowest BCUT2D eigenvalue weighted by Gasteiger charge is -2.38. The molecule has 2 aromatic heterocycles. The summed E-state index contributed by atoms with van der Waals surface area (Å²) >= 11 is 0. The summed E-state index contributed by atoms with van der Waals surface area (Å²) in [6.07, 6.45) is 2.36. The zero-order chi connectivity index (χ0) is 16.6. The van der Waals surface area contributed by atoms with E-state index < -0.39 is 10.1 Å². The molecule has 2 aromatic rings. The normalized spacial score (nSPS) is 15.5. The molecule has 0 spiro atoms. The van der Waals surface area contributed by atoms with Crippen LogP contribution in [0.25, 0.3) is 5.69 Å². The quantitative estimate of drug-likeness (QED) is 0.710. The Morgan fingerprint density at radius 3 is 2.57 bits per heavy atom. The van der Waals surface area contributed by atoms with Crippen LogP contribution >= 0.6 is 0 Å². The summed E-state index contributed by atoms with van der Waals surface area (Å²) in [4.78, 5) is 6.08. The molecule has 1 fully saturated rings. The molecule has 0 bridgehead atoms. The standard InChI is InChI=1S/C13H17N5O4S/c1-9-15-16-13(17-7-11(8-17)22-23(3,19)20)18(9)10-4-5-12(21-2)14-6-10/h4-6,11H,7-8H2,1-3H3. The van der Waals surface area contributed by atoms with Crippen molar-refractivity contribution in [1.82, 2.24) is 19.7 Å². The van der Waals surface area contributed by atoms with Gasteiger partial charge in [-0.15, -0.1) is 10.2 Å². The van der Waals surface area contributed by atoms with E-state index in [0.29, 0.717) is 30.7 Å². The van der Waals surface area contributed by atoms with Crippen LogP contribution in [0.3, 0.4) is 0 Å². The summed E-state index contributed by atoms with van der Waals surface area (Å²) in [7, 11) is -1.89. The van der Waals surface area contributed by atoms with E-state index in [1.807, 2.05) is 22.5 Å². The van der Waals surface area contributed by atoms with E-state index in [9.17, 15) is 8.42 Å².